The molecule has 0 bridgehead atoms. The van der Waals surface area contributed by atoms with Crippen LogP contribution in [0.25, 0.3) is 11.3 Å². The molecule has 0 aliphatic carbocycles. The summed E-state index contributed by atoms with van der Waals surface area (Å²) >= 11 is 3.56. The predicted octanol–water partition coefficient (Wildman–Crippen LogP) is 3.15. The Balaban J connectivity index is 1.73. The highest BCUT2D eigenvalue weighted by molar-refractivity contribution is 9.10. The minimum atomic E-state index is -0.131. The van der Waals surface area contributed by atoms with Crippen LogP contribution in [0.5, 0.6) is 0 Å². The summed E-state index contributed by atoms with van der Waals surface area (Å²) in [5.74, 6) is -0.131. The quantitative estimate of drug-likeness (QED) is 0.652. The monoisotopic (exact) mass is 412 g/mol. The van der Waals surface area contributed by atoms with E-state index in [9.17, 15) is 4.79 Å². The van der Waals surface area contributed by atoms with E-state index in [1.165, 1.54) is 0 Å². The summed E-state index contributed by atoms with van der Waals surface area (Å²) in [6.07, 6.45) is 2.45. The molecule has 6 heteroatoms. The highest BCUT2D eigenvalue weighted by atomic mass is 79.9. The Kier molecular flexibility index (Phi) is 5.85. The van der Waals surface area contributed by atoms with E-state index >= 15 is 0 Å². The number of hydrogen-bond acceptors (Lipinski definition) is 3. The molecule has 3 rings (SSSR count). The summed E-state index contributed by atoms with van der Waals surface area (Å²) in [4.78, 5) is 12.6. The number of nitrogens with two attached hydrogens (primary N) is 1. The molecule has 3 N–H and O–H groups in total. The van der Waals surface area contributed by atoms with E-state index < -0.39 is 0 Å². The van der Waals surface area contributed by atoms with E-state index in [2.05, 4.69) is 26.3 Å². The molecule has 2 aromatic carbocycles. The minimum Gasteiger partial charge on any atom is -0.348 e. The lowest BCUT2D eigenvalue weighted by Crippen LogP contribution is -2.41. The molecule has 0 fully saturated rings. The van der Waals surface area contributed by atoms with Crippen LogP contribution in [0, 0.1) is 0 Å². The third-order valence-corrected chi connectivity index (χ3v) is 4.93. The molecule has 0 spiro atoms. The van der Waals surface area contributed by atoms with Gasteiger partial charge in [0.25, 0.3) is 5.91 Å². The van der Waals surface area contributed by atoms with Gasteiger partial charge in [-0.3, -0.25) is 9.48 Å². The van der Waals surface area contributed by atoms with E-state index in [1.54, 1.807) is 10.9 Å². The molecule has 0 radical (unpaired) electrons. The van der Waals surface area contributed by atoms with Gasteiger partial charge >= 0.3 is 0 Å². The van der Waals surface area contributed by atoms with Gasteiger partial charge in [-0.05, 0) is 30.2 Å². The fourth-order valence-corrected chi connectivity index (χ4v) is 3.44. The van der Waals surface area contributed by atoms with Gasteiger partial charge in [-0.2, -0.15) is 5.10 Å². The van der Waals surface area contributed by atoms with Crippen LogP contribution in [0.3, 0.4) is 0 Å². The molecule has 26 heavy (non-hydrogen) atoms. The Morgan fingerprint density at radius 2 is 2.00 bits per heavy atom. The van der Waals surface area contributed by atoms with Crippen molar-refractivity contribution < 1.29 is 4.79 Å². The molecule has 1 heterocycles. The molecule has 134 valence electrons. The van der Waals surface area contributed by atoms with E-state index in [0.717, 1.165) is 21.3 Å². The van der Waals surface area contributed by atoms with E-state index in [4.69, 9.17) is 5.73 Å². The maximum Gasteiger partial charge on any atom is 0.251 e. The van der Waals surface area contributed by atoms with Crippen LogP contribution in [0.15, 0.2) is 65.3 Å². The van der Waals surface area contributed by atoms with E-state index in [1.807, 2.05) is 61.6 Å². The normalized spacial score (nSPS) is 12.0. The Bertz CT molecular complexity index is 892. The number of carbonyl (C=O) groups excluding carboxylic acids is 1. The number of aryl methyl sites for hydroxylation is 1. The lowest BCUT2D eigenvalue weighted by Gasteiger charge is -2.17. The molecule has 0 saturated carbocycles. The number of benzene rings is 2. The van der Waals surface area contributed by atoms with Crippen LogP contribution >= 0.6 is 15.9 Å². The molecule has 0 aliphatic rings. The SMILES string of the molecule is Cn1nccc1-c1ccc(C(=O)NC(CN)Cc2ccccc2)cc1Br. The number of nitrogens with one attached hydrogen (secondary N) is 1. The van der Waals surface area contributed by atoms with Crippen LogP contribution < -0.4 is 11.1 Å². The van der Waals surface area contributed by atoms with Crippen molar-refractivity contribution in [3.05, 3.63) is 76.4 Å². The fraction of sp³-hybridized carbons (Fsp3) is 0.200. The zero-order valence-corrected chi connectivity index (χ0v) is 16.1. The molecule has 1 atom stereocenters. The molecule has 1 amide bonds. The van der Waals surface area contributed by atoms with Crippen molar-refractivity contribution in [2.75, 3.05) is 6.54 Å². The van der Waals surface area contributed by atoms with Gasteiger partial charge in [-0.1, -0.05) is 52.3 Å². The molecule has 0 saturated heterocycles. The van der Waals surface area contributed by atoms with Crippen LogP contribution in [-0.4, -0.2) is 28.3 Å². The zero-order valence-electron chi connectivity index (χ0n) is 14.5. The molecule has 3 aromatic rings. The molecular weight excluding hydrogens is 392 g/mol. The van der Waals surface area contributed by atoms with Crippen LogP contribution in [0.4, 0.5) is 0 Å². The van der Waals surface area contributed by atoms with Crippen LogP contribution in [0.2, 0.25) is 0 Å². The highest BCUT2D eigenvalue weighted by Crippen LogP contribution is 2.28. The third-order valence-electron chi connectivity index (χ3n) is 4.27. The maximum absolute atomic E-state index is 12.6. The number of amides is 1. The Morgan fingerprint density at radius 3 is 2.62 bits per heavy atom. The van der Waals surface area contributed by atoms with E-state index in [-0.39, 0.29) is 11.9 Å². The second-order valence-electron chi connectivity index (χ2n) is 6.13. The van der Waals surface area contributed by atoms with Gasteiger partial charge in [0.15, 0.2) is 0 Å². The van der Waals surface area contributed by atoms with E-state index in [0.29, 0.717) is 18.5 Å². The molecule has 1 unspecified atom stereocenters. The van der Waals surface area contributed by atoms with Crippen molar-refractivity contribution in [3.63, 3.8) is 0 Å². The van der Waals surface area contributed by atoms with Gasteiger partial charge in [0.05, 0.1) is 5.69 Å². The second-order valence-corrected chi connectivity index (χ2v) is 6.98. The standard InChI is InChI=1S/C20H21BrN4O/c1-25-19(9-10-23-25)17-8-7-15(12-18(17)21)20(26)24-16(13-22)11-14-5-3-2-4-6-14/h2-10,12,16H,11,13,22H2,1H3,(H,24,26). The average molecular weight is 413 g/mol. The first kappa shape index (κ1) is 18.4. The number of aromatic nitrogens is 2. The maximum atomic E-state index is 12.6. The van der Waals surface area contributed by atoms with Gasteiger partial charge in [-0.25, -0.2) is 0 Å². The van der Waals surface area contributed by atoms with Crippen molar-refractivity contribution in [1.82, 2.24) is 15.1 Å². The van der Waals surface area contributed by atoms with Gasteiger partial charge in [-0.15, -0.1) is 0 Å². The first-order chi connectivity index (χ1) is 12.6. The second kappa shape index (κ2) is 8.29. The summed E-state index contributed by atoms with van der Waals surface area (Å²) in [6, 6.07) is 17.4. The van der Waals surface area contributed by atoms with Crippen molar-refractivity contribution in [2.45, 2.75) is 12.5 Å². The summed E-state index contributed by atoms with van der Waals surface area (Å²) in [5, 5.41) is 7.21. The molecular formula is C20H21BrN4O. The lowest BCUT2D eigenvalue weighted by molar-refractivity contribution is 0.0938. The summed E-state index contributed by atoms with van der Waals surface area (Å²) < 4.78 is 2.64. The predicted molar refractivity (Wildman–Crippen MR) is 107 cm³/mol. The topological polar surface area (TPSA) is 72.9 Å². The summed E-state index contributed by atoms with van der Waals surface area (Å²) in [7, 11) is 1.89. The number of halogens is 1. The average Bonchev–Trinajstić information content (AvgIpc) is 3.07. The fourth-order valence-electron chi connectivity index (χ4n) is 2.86. The molecule has 0 aliphatic heterocycles. The van der Waals surface area contributed by atoms with Crippen LogP contribution in [-0.2, 0) is 13.5 Å². The highest BCUT2D eigenvalue weighted by Gasteiger charge is 2.15. The first-order valence-electron chi connectivity index (χ1n) is 8.41. The van der Waals surface area contributed by atoms with Crippen LogP contribution in [0.1, 0.15) is 15.9 Å². The number of hydrogen-bond donors (Lipinski definition) is 2. The Labute approximate surface area is 161 Å². The summed E-state index contributed by atoms with van der Waals surface area (Å²) in [6.45, 7) is 0.384. The number of nitrogens with zero attached hydrogens (tertiary/aromatic N) is 2. The summed E-state index contributed by atoms with van der Waals surface area (Å²) in [5.41, 5.74) is 9.56. The van der Waals surface area contributed by atoms with Crippen molar-refractivity contribution in [1.29, 1.82) is 0 Å². The number of rotatable bonds is 6. The lowest BCUT2D eigenvalue weighted by atomic mass is 10.0. The molecule has 1 aromatic heterocycles. The largest absolute Gasteiger partial charge is 0.348 e. The first-order valence-corrected chi connectivity index (χ1v) is 9.20. The van der Waals surface area contributed by atoms with Gasteiger partial charge in [0, 0.05) is 41.4 Å². The van der Waals surface area contributed by atoms with Crippen molar-refractivity contribution >= 4 is 21.8 Å². The molecule has 5 nitrogen and oxygen atoms in total. The smallest absolute Gasteiger partial charge is 0.251 e. The zero-order chi connectivity index (χ0) is 18.5. The van der Waals surface area contributed by atoms with Gasteiger partial charge in [0.1, 0.15) is 0 Å². The Hall–Kier alpha value is -2.44. The number of carbonyl (C=O) groups is 1. The Morgan fingerprint density at radius 1 is 1.23 bits per heavy atom. The third kappa shape index (κ3) is 4.20. The van der Waals surface area contributed by atoms with Crippen molar-refractivity contribution in [3.8, 4) is 11.3 Å². The van der Waals surface area contributed by atoms with Gasteiger partial charge in [0.2, 0.25) is 0 Å². The van der Waals surface area contributed by atoms with Crippen molar-refractivity contribution in [2.24, 2.45) is 12.8 Å². The minimum absolute atomic E-state index is 0.111. The van der Waals surface area contributed by atoms with Gasteiger partial charge < -0.3 is 11.1 Å².